The molecule has 0 radical (unpaired) electrons. The Kier molecular flexibility index (Phi) is 4.35. The van der Waals surface area contributed by atoms with Crippen LogP contribution in [0.5, 0.6) is 5.88 Å². The van der Waals surface area contributed by atoms with Crippen LogP contribution in [0.1, 0.15) is 12.8 Å². The summed E-state index contributed by atoms with van der Waals surface area (Å²) in [4.78, 5) is 0.315. The lowest BCUT2D eigenvalue weighted by Gasteiger charge is -2.31. The van der Waals surface area contributed by atoms with Gasteiger partial charge in [-0.2, -0.15) is 9.40 Å². The van der Waals surface area contributed by atoms with E-state index < -0.39 is 10.0 Å². The summed E-state index contributed by atoms with van der Waals surface area (Å²) in [7, 11) is -3.47. The van der Waals surface area contributed by atoms with Crippen LogP contribution in [0, 0.1) is 0 Å². The summed E-state index contributed by atoms with van der Waals surface area (Å²) in [6, 6.07) is 11.9. The minimum Gasteiger partial charge on any atom is -0.472 e. The van der Waals surface area contributed by atoms with Crippen LogP contribution < -0.4 is 4.74 Å². The van der Waals surface area contributed by atoms with Crippen molar-refractivity contribution in [3.8, 4) is 5.88 Å². The molecule has 1 aromatic carbocycles. The molecule has 1 aliphatic rings. The number of sulfonamides is 1. The van der Waals surface area contributed by atoms with Crippen LogP contribution in [0.25, 0.3) is 0 Å². The van der Waals surface area contributed by atoms with Gasteiger partial charge in [-0.3, -0.25) is 0 Å². The monoisotopic (exact) mass is 319 g/mol. The molecule has 1 atom stereocenters. The van der Waals surface area contributed by atoms with E-state index in [-0.39, 0.29) is 6.10 Å². The van der Waals surface area contributed by atoms with Crippen molar-refractivity contribution in [2.75, 3.05) is 13.1 Å². The van der Waals surface area contributed by atoms with E-state index in [9.17, 15) is 8.42 Å². The quantitative estimate of drug-likeness (QED) is 0.858. The Morgan fingerprint density at radius 3 is 2.68 bits per heavy atom. The summed E-state index contributed by atoms with van der Waals surface area (Å²) in [6.45, 7) is 0.839. The molecule has 0 saturated carbocycles. The van der Waals surface area contributed by atoms with Crippen molar-refractivity contribution in [3.05, 3.63) is 48.7 Å². The van der Waals surface area contributed by atoms with E-state index in [1.807, 2.05) is 0 Å². The van der Waals surface area contributed by atoms with Crippen molar-refractivity contribution >= 4 is 10.0 Å². The fourth-order valence-electron chi connectivity index (χ4n) is 2.48. The second-order valence-corrected chi connectivity index (χ2v) is 7.06. The van der Waals surface area contributed by atoms with Gasteiger partial charge >= 0.3 is 0 Å². The first-order chi connectivity index (χ1) is 10.7. The maximum absolute atomic E-state index is 12.6. The standard InChI is InChI=1S/C15H17N3O3S/c19-22(20,14-7-2-1-3-8-14)18-11-5-6-13(12-18)21-15-9-4-10-16-17-15/h1-4,7-10,13H,5-6,11-12H2. The molecule has 22 heavy (non-hydrogen) atoms. The Morgan fingerprint density at radius 1 is 1.14 bits per heavy atom. The first kappa shape index (κ1) is 14.9. The number of benzene rings is 1. The van der Waals surface area contributed by atoms with Gasteiger partial charge in [-0.1, -0.05) is 18.2 Å². The summed E-state index contributed by atoms with van der Waals surface area (Å²) < 4.78 is 32.5. The zero-order valence-electron chi connectivity index (χ0n) is 12.0. The van der Waals surface area contributed by atoms with Crippen molar-refractivity contribution in [3.63, 3.8) is 0 Å². The Morgan fingerprint density at radius 2 is 1.95 bits per heavy atom. The molecule has 7 heteroatoms. The van der Waals surface area contributed by atoms with Gasteiger partial charge in [-0.25, -0.2) is 8.42 Å². The maximum Gasteiger partial charge on any atom is 0.243 e. The molecule has 0 aliphatic carbocycles. The molecule has 6 nitrogen and oxygen atoms in total. The molecule has 3 rings (SSSR count). The normalized spacial score (nSPS) is 19.7. The van der Waals surface area contributed by atoms with Gasteiger partial charge in [0.15, 0.2) is 0 Å². The van der Waals surface area contributed by atoms with E-state index in [4.69, 9.17) is 4.74 Å². The van der Waals surface area contributed by atoms with Crippen molar-refractivity contribution < 1.29 is 13.2 Å². The fraction of sp³-hybridized carbons (Fsp3) is 0.333. The molecule has 1 aliphatic heterocycles. The average molecular weight is 319 g/mol. The maximum atomic E-state index is 12.6. The molecule has 0 amide bonds. The number of rotatable bonds is 4. The highest BCUT2D eigenvalue weighted by Crippen LogP contribution is 2.22. The Bertz CT molecular complexity index is 707. The average Bonchev–Trinajstić information content (AvgIpc) is 2.57. The summed E-state index contributed by atoms with van der Waals surface area (Å²) in [5.41, 5.74) is 0. The lowest BCUT2D eigenvalue weighted by Crippen LogP contribution is -2.44. The van der Waals surface area contributed by atoms with Gasteiger partial charge in [0, 0.05) is 18.8 Å². The molecule has 0 N–H and O–H groups in total. The van der Waals surface area contributed by atoms with Crippen molar-refractivity contribution in [1.82, 2.24) is 14.5 Å². The smallest absolute Gasteiger partial charge is 0.243 e. The van der Waals surface area contributed by atoms with Gasteiger partial charge in [-0.05, 0) is 31.0 Å². The summed E-state index contributed by atoms with van der Waals surface area (Å²) in [5, 5.41) is 7.64. The Hall–Kier alpha value is -1.99. The molecule has 0 bridgehead atoms. The number of piperidine rings is 1. The highest BCUT2D eigenvalue weighted by Gasteiger charge is 2.31. The van der Waals surface area contributed by atoms with Gasteiger partial charge in [-0.15, -0.1) is 5.10 Å². The number of ether oxygens (including phenoxy) is 1. The van der Waals surface area contributed by atoms with Crippen molar-refractivity contribution in [2.24, 2.45) is 0 Å². The number of hydrogen-bond donors (Lipinski definition) is 0. The van der Waals surface area contributed by atoms with Gasteiger partial charge < -0.3 is 4.74 Å². The molecule has 1 saturated heterocycles. The van der Waals surface area contributed by atoms with E-state index in [2.05, 4.69) is 10.2 Å². The molecule has 2 aromatic rings. The zero-order valence-corrected chi connectivity index (χ0v) is 12.8. The van der Waals surface area contributed by atoms with E-state index in [0.717, 1.165) is 12.8 Å². The van der Waals surface area contributed by atoms with Crippen molar-refractivity contribution in [1.29, 1.82) is 0 Å². The van der Waals surface area contributed by atoms with Gasteiger partial charge in [0.05, 0.1) is 11.4 Å². The number of nitrogens with zero attached hydrogens (tertiary/aromatic N) is 3. The number of hydrogen-bond acceptors (Lipinski definition) is 5. The summed E-state index contributed by atoms with van der Waals surface area (Å²) in [6.07, 6.45) is 2.93. The molecule has 1 aromatic heterocycles. The number of aromatic nitrogens is 2. The summed E-state index contributed by atoms with van der Waals surface area (Å²) >= 11 is 0. The van der Waals surface area contributed by atoms with Crippen LogP contribution in [0.3, 0.4) is 0 Å². The largest absolute Gasteiger partial charge is 0.472 e. The molecular weight excluding hydrogens is 302 g/mol. The Balaban J connectivity index is 1.73. The highest BCUT2D eigenvalue weighted by atomic mass is 32.2. The predicted octanol–water partition coefficient (Wildman–Crippen LogP) is 1.71. The third-order valence-electron chi connectivity index (χ3n) is 3.56. The van der Waals surface area contributed by atoms with E-state index in [1.165, 1.54) is 4.31 Å². The van der Waals surface area contributed by atoms with Gasteiger partial charge in [0.25, 0.3) is 0 Å². The van der Waals surface area contributed by atoms with E-state index in [1.54, 1.807) is 48.7 Å². The first-order valence-corrected chi connectivity index (χ1v) is 8.60. The van der Waals surface area contributed by atoms with Crippen LogP contribution in [-0.4, -0.2) is 42.1 Å². The van der Waals surface area contributed by atoms with Crippen LogP contribution >= 0.6 is 0 Å². The van der Waals surface area contributed by atoms with Crippen LogP contribution in [0.2, 0.25) is 0 Å². The third-order valence-corrected chi connectivity index (χ3v) is 5.44. The van der Waals surface area contributed by atoms with E-state index in [0.29, 0.717) is 23.9 Å². The predicted molar refractivity (Wildman–Crippen MR) is 80.9 cm³/mol. The molecule has 1 unspecified atom stereocenters. The lowest BCUT2D eigenvalue weighted by molar-refractivity contribution is 0.123. The van der Waals surface area contributed by atoms with Crippen LogP contribution in [0.4, 0.5) is 0 Å². The lowest BCUT2D eigenvalue weighted by atomic mass is 10.1. The molecular formula is C15H17N3O3S. The minimum atomic E-state index is -3.47. The van der Waals surface area contributed by atoms with Crippen LogP contribution in [-0.2, 0) is 10.0 Å². The molecule has 2 heterocycles. The zero-order chi connectivity index (χ0) is 15.4. The second kappa shape index (κ2) is 6.41. The van der Waals surface area contributed by atoms with E-state index >= 15 is 0 Å². The summed E-state index contributed by atoms with van der Waals surface area (Å²) in [5.74, 6) is 0.423. The van der Waals surface area contributed by atoms with Gasteiger partial charge in [0.2, 0.25) is 15.9 Å². The molecule has 1 fully saturated rings. The van der Waals surface area contributed by atoms with Crippen LogP contribution in [0.15, 0.2) is 53.6 Å². The third kappa shape index (κ3) is 3.26. The molecule has 116 valence electrons. The SMILES string of the molecule is O=S(=O)(c1ccccc1)N1CCCC(Oc2cccnn2)C1. The topological polar surface area (TPSA) is 72.4 Å². The Labute approximate surface area is 129 Å². The van der Waals surface area contributed by atoms with Gasteiger partial charge in [0.1, 0.15) is 6.10 Å². The second-order valence-electron chi connectivity index (χ2n) is 5.12. The molecule has 0 spiro atoms. The minimum absolute atomic E-state index is 0.205. The first-order valence-electron chi connectivity index (χ1n) is 7.16. The fourth-order valence-corrected chi connectivity index (χ4v) is 4.01. The van der Waals surface area contributed by atoms with Crippen molar-refractivity contribution in [2.45, 2.75) is 23.8 Å². The highest BCUT2D eigenvalue weighted by molar-refractivity contribution is 7.89.